The van der Waals surface area contributed by atoms with Crippen molar-refractivity contribution in [1.82, 2.24) is 4.90 Å². The first-order valence-corrected chi connectivity index (χ1v) is 9.36. The molecule has 1 amide bonds. The Balaban J connectivity index is 1.97. The topological polar surface area (TPSA) is 62.2 Å². The number of ether oxygens (including phenoxy) is 2. The molecule has 2 aliphatic heterocycles. The van der Waals surface area contributed by atoms with Crippen LogP contribution in [0.2, 0.25) is 0 Å². The van der Waals surface area contributed by atoms with Crippen LogP contribution in [0.3, 0.4) is 0 Å². The molecule has 2 aliphatic rings. The fourth-order valence-electron chi connectivity index (χ4n) is 3.62. The normalized spacial score (nSPS) is 22.4. The lowest BCUT2D eigenvalue weighted by molar-refractivity contribution is 0.0527. The highest BCUT2D eigenvalue weighted by Crippen LogP contribution is 2.41. The summed E-state index contributed by atoms with van der Waals surface area (Å²) < 4.78 is 11.5. The number of methoxy groups -OCH3 is 1. The number of hydrogen-bond donors (Lipinski definition) is 1. The number of aliphatic hydroxyl groups is 1. The first-order valence-electron chi connectivity index (χ1n) is 9.36. The Hall–Kier alpha value is -2.21. The highest BCUT2D eigenvalue weighted by atomic mass is 16.5. The summed E-state index contributed by atoms with van der Waals surface area (Å²) in [5.74, 6) is 0.991. The molecule has 27 heavy (non-hydrogen) atoms. The molecule has 2 atom stereocenters. The molecule has 0 aromatic heterocycles. The maximum Gasteiger partial charge on any atom is 0.256 e. The van der Waals surface area contributed by atoms with Crippen LogP contribution in [0.4, 0.5) is 5.69 Å². The van der Waals surface area contributed by atoms with Crippen molar-refractivity contribution < 1.29 is 19.4 Å². The van der Waals surface area contributed by atoms with Crippen molar-refractivity contribution in [2.24, 2.45) is 5.41 Å². The molecular weight excluding hydrogens is 344 g/mol. The molecule has 6 heteroatoms. The predicted molar refractivity (Wildman–Crippen MR) is 106 cm³/mol. The summed E-state index contributed by atoms with van der Waals surface area (Å²) in [6.45, 7) is 11.5. The van der Waals surface area contributed by atoms with Gasteiger partial charge in [0.2, 0.25) is 0 Å². The van der Waals surface area contributed by atoms with Gasteiger partial charge in [0, 0.05) is 19.7 Å². The maximum atomic E-state index is 13.1. The third kappa shape index (κ3) is 3.76. The van der Waals surface area contributed by atoms with Gasteiger partial charge >= 0.3 is 0 Å². The van der Waals surface area contributed by atoms with Crippen molar-refractivity contribution in [3.8, 4) is 11.5 Å². The highest BCUT2D eigenvalue weighted by molar-refractivity contribution is 6.02. The van der Waals surface area contributed by atoms with Gasteiger partial charge in [0.15, 0.2) is 11.5 Å². The maximum absolute atomic E-state index is 13.1. The van der Waals surface area contributed by atoms with Gasteiger partial charge in [0.1, 0.15) is 6.23 Å². The van der Waals surface area contributed by atoms with Crippen LogP contribution >= 0.6 is 0 Å². The van der Waals surface area contributed by atoms with E-state index < -0.39 is 6.23 Å². The van der Waals surface area contributed by atoms with Crippen molar-refractivity contribution in [3.63, 3.8) is 0 Å². The van der Waals surface area contributed by atoms with E-state index in [9.17, 15) is 9.90 Å². The standard InChI is InChI=1S/C21H30N2O4/c1-13-9-16-20(25)22(5)15-11-18(27-8-7-21(2,3)4)17(26-6)10-14(15)19(24)23(16)12-13/h10-11,16,20,25H,1,7-9,12H2,2-6H3/t16-,20-/m0/s1. The first kappa shape index (κ1) is 19.5. The SMILES string of the molecule is C=C1C[C@H]2[C@H](O)N(C)c3cc(OCCC(C)(C)C)c(OC)cc3C(=O)N2C1. The summed E-state index contributed by atoms with van der Waals surface area (Å²) in [5, 5.41) is 10.8. The number of fused-ring (bicyclic) bond motifs is 2. The van der Waals surface area contributed by atoms with Crippen molar-refractivity contribution in [1.29, 1.82) is 0 Å². The van der Waals surface area contributed by atoms with Crippen LogP contribution in [0.5, 0.6) is 11.5 Å². The van der Waals surface area contributed by atoms with Crippen LogP contribution in [0, 0.1) is 5.41 Å². The predicted octanol–water partition coefficient (Wildman–Crippen LogP) is 3.05. The second-order valence-corrected chi connectivity index (χ2v) is 8.66. The van der Waals surface area contributed by atoms with E-state index in [4.69, 9.17) is 9.47 Å². The number of nitrogens with zero attached hydrogens (tertiary/aromatic N) is 2. The van der Waals surface area contributed by atoms with E-state index >= 15 is 0 Å². The lowest BCUT2D eigenvalue weighted by Gasteiger charge is -2.30. The molecule has 0 unspecified atom stereocenters. The van der Waals surface area contributed by atoms with Crippen LogP contribution in [-0.4, -0.2) is 55.5 Å². The summed E-state index contributed by atoms with van der Waals surface area (Å²) in [7, 11) is 3.37. The van der Waals surface area contributed by atoms with Crippen LogP contribution in [-0.2, 0) is 0 Å². The zero-order chi connectivity index (χ0) is 19.9. The van der Waals surface area contributed by atoms with Gasteiger partial charge in [-0.25, -0.2) is 0 Å². The van der Waals surface area contributed by atoms with Crippen LogP contribution in [0.1, 0.15) is 44.0 Å². The van der Waals surface area contributed by atoms with Gasteiger partial charge in [-0.1, -0.05) is 32.9 Å². The molecule has 1 aromatic rings. The molecule has 1 aromatic carbocycles. The summed E-state index contributed by atoms with van der Waals surface area (Å²) in [5.41, 5.74) is 2.28. The van der Waals surface area contributed by atoms with E-state index in [1.54, 1.807) is 36.1 Å². The van der Waals surface area contributed by atoms with Gasteiger partial charge in [-0.15, -0.1) is 0 Å². The summed E-state index contributed by atoms with van der Waals surface area (Å²) in [6.07, 6.45) is 0.699. The summed E-state index contributed by atoms with van der Waals surface area (Å²) in [6, 6.07) is 3.23. The third-order valence-electron chi connectivity index (χ3n) is 5.30. The van der Waals surface area contributed by atoms with Gasteiger partial charge in [-0.3, -0.25) is 4.79 Å². The lowest BCUT2D eigenvalue weighted by atomic mass is 9.93. The minimum absolute atomic E-state index is 0.114. The zero-order valence-corrected chi connectivity index (χ0v) is 16.9. The smallest absolute Gasteiger partial charge is 0.256 e. The lowest BCUT2D eigenvalue weighted by Crippen LogP contribution is -2.47. The Bertz CT molecular complexity index is 753. The Morgan fingerprint density at radius 3 is 2.63 bits per heavy atom. The molecule has 3 rings (SSSR count). The molecule has 6 nitrogen and oxygen atoms in total. The molecule has 1 saturated heterocycles. The second kappa shape index (κ2) is 7.08. The Labute approximate surface area is 161 Å². The molecular formula is C21H30N2O4. The molecule has 0 spiro atoms. The zero-order valence-electron chi connectivity index (χ0n) is 16.9. The second-order valence-electron chi connectivity index (χ2n) is 8.66. The minimum Gasteiger partial charge on any atom is -0.493 e. The number of benzene rings is 1. The van der Waals surface area contributed by atoms with E-state index in [0.29, 0.717) is 42.3 Å². The largest absolute Gasteiger partial charge is 0.493 e. The van der Waals surface area contributed by atoms with E-state index in [2.05, 4.69) is 27.4 Å². The highest BCUT2D eigenvalue weighted by Gasteiger charge is 2.42. The molecule has 0 aliphatic carbocycles. The van der Waals surface area contributed by atoms with E-state index in [1.165, 1.54) is 0 Å². The fraction of sp³-hybridized carbons (Fsp3) is 0.571. The number of carbonyl (C=O) groups excluding carboxylic acids is 1. The molecule has 0 bridgehead atoms. The number of anilines is 1. The summed E-state index contributed by atoms with van der Waals surface area (Å²) in [4.78, 5) is 16.6. The van der Waals surface area contributed by atoms with Crippen LogP contribution < -0.4 is 14.4 Å². The van der Waals surface area contributed by atoms with Crippen molar-refractivity contribution >= 4 is 11.6 Å². The number of carbonyl (C=O) groups is 1. The fourth-order valence-corrected chi connectivity index (χ4v) is 3.62. The van der Waals surface area contributed by atoms with Crippen molar-refractivity contribution in [2.75, 3.05) is 32.2 Å². The number of likely N-dealkylation sites (N-methyl/N-ethyl adjacent to an activating group) is 1. The quantitative estimate of drug-likeness (QED) is 0.821. The minimum atomic E-state index is -0.801. The van der Waals surface area contributed by atoms with E-state index in [1.807, 2.05) is 0 Å². The monoisotopic (exact) mass is 374 g/mol. The Morgan fingerprint density at radius 2 is 2.00 bits per heavy atom. The number of hydrogen-bond acceptors (Lipinski definition) is 5. The summed E-state index contributed by atoms with van der Waals surface area (Å²) >= 11 is 0. The first-order chi connectivity index (χ1) is 12.6. The van der Waals surface area contributed by atoms with Gasteiger partial charge in [0.05, 0.1) is 31.0 Å². The Morgan fingerprint density at radius 1 is 1.30 bits per heavy atom. The number of aliphatic hydroxyl groups excluding tert-OH is 1. The van der Waals surface area contributed by atoms with Crippen LogP contribution in [0.25, 0.3) is 0 Å². The molecule has 148 valence electrons. The van der Waals surface area contributed by atoms with Gasteiger partial charge in [-0.2, -0.15) is 0 Å². The molecule has 1 fully saturated rings. The molecule has 0 radical (unpaired) electrons. The Kier molecular flexibility index (Phi) is 5.12. The van der Waals surface area contributed by atoms with Gasteiger partial charge in [-0.05, 0) is 24.3 Å². The van der Waals surface area contributed by atoms with E-state index in [-0.39, 0.29) is 17.4 Å². The number of rotatable bonds is 4. The van der Waals surface area contributed by atoms with Crippen LogP contribution in [0.15, 0.2) is 24.3 Å². The van der Waals surface area contributed by atoms with Gasteiger partial charge in [0.25, 0.3) is 5.91 Å². The molecule has 1 N–H and O–H groups in total. The average molecular weight is 374 g/mol. The van der Waals surface area contributed by atoms with Gasteiger partial charge < -0.3 is 24.4 Å². The van der Waals surface area contributed by atoms with Crippen molar-refractivity contribution in [2.45, 2.75) is 45.9 Å². The third-order valence-corrected chi connectivity index (χ3v) is 5.30. The average Bonchev–Trinajstić information content (AvgIpc) is 2.97. The molecule has 2 heterocycles. The van der Waals surface area contributed by atoms with E-state index in [0.717, 1.165) is 12.0 Å². The van der Waals surface area contributed by atoms with Crippen molar-refractivity contribution in [3.05, 3.63) is 29.8 Å². The number of amides is 1. The molecule has 0 saturated carbocycles.